The average molecular weight is 617 g/mol. The van der Waals surface area contributed by atoms with E-state index in [4.69, 9.17) is 9.97 Å². The van der Waals surface area contributed by atoms with E-state index in [2.05, 4.69) is 157 Å². The van der Waals surface area contributed by atoms with Gasteiger partial charge in [-0.05, 0) is 107 Å². The Balaban J connectivity index is 1.49. The summed E-state index contributed by atoms with van der Waals surface area (Å²) < 4.78 is 0. The molecule has 0 radical (unpaired) electrons. The Kier molecular flexibility index (Phi) is 6.54. The zero-order chi connectivity index (χ0) is 32.2. The van der Waals surface area contributed by atoms with Gasteiger partial charge >= 0.3 is 0 Å². The van der Waals surface area contributed by atoms with E-state index in [-0.39, 0.29) is 0 Å². The van der Waals surface area contributed by atoms with E-state index in [1.807, 2.05) is 24.5 Å². The lowest BCUT2D eigenvalue weighted by Crippen LogP contribution is -2.13. The number of benzene rings is 7. The molecule has 9 aromatic rings. The Morgan fingerprint density at radius 3 is 1.17 bits per heavy atom. The monoisotopic (exact) mass is 616 g/mol. The summed E-state index contributed by atoms with van der Waals surface area (Å²) in [4.78, 5) is 14.4. The third-order valence-corrected chi connectivity index (χ3v) is 9.51. The molecule has 0 saturated carbocycles. The standard InChI is InChI=1S/C44H32N4/c1-29-27-37(47(31-15-5-3-6-16-31)39-21-11-13-25-45-39)41-35-19-9-10-20-36(35)42-38(28-30(2)34-24-23-33(29)43(41)44(34)42)48(32-17-7-4-8-18-32)40-22-12-14-26-46-40/h3-28H,1-2H3. The van der Waals surface area contributed by atoms with Crippen molar-refractivity contribution in [3.63, 3.8) is 0 Å². The van der Waals surface area contributed by atoms with Crippen LogP contribution in [0.1, 0.15) is 11.1 Å². The summed E-state index contributed by atoms with van der Waals surface area (Å²) in [6, 6.07) is 51.6. The zero-order valence-corrected chi connectivity index (χ0v) is 26.8. The van der Waals surface area contributed by atoms with Gasteiger partial charge in [0.1, 0.15) is 11.6 Å². The Hall–Kier alpha value is -6.26. The molecule has 0 atom stereocenters. The third kappa shape index (κ3) is 4.30. The molecule has 0 spiro atoms. The minimum Gasteiger partial charge on any atom is -0.294 e. The first-order valence-electron chi connectivity index (χ1n) is 16.3. The van der Waals surface area contributed by atoms with Crippen molar-refractivity contribution in [2.45, 2.75) is 13.8 Å². The van der Waals surface area contributed by atoms with Gasteiger partial charge in [0.05, 0.1) is 11.4 Å². The molecule has 9 rings (SSSR count). The summed E-state index contributed by atoms with van der Waals surface area (Å²) in [7, 11) is 0. The van der Waals surface area contributed by atoms with Crippen LogP contribution in [0.4, 0.5) is 34.4 Å². The van der Waals surface area contributed by atoms with Crippen LogP contribution < -0.4 is 9.80 Å². The molecule has 2 aromatic heterocycles. The molecule has 0 amide bonds. The van der Waals surface area contributed by atoms with Crippen molar-refractivity contribution in [1.29, 1.82) is 0 Å². The molecule has 0 unspecified atom stereocenters. The van der Waals surface area contributed by atoms with Gasteiger partial charge in [-0.3, -0.25) is 9.80 Å². The van der Waals surface area contributed by atoms with Crippen LogP contribution in [0.5, 0.6) is 0 Å². The number of hydrogen-bond acceptors (Lipinski definition) is 4. The van der Waals surface area contributed by atoms with Crippen molar-refractivity contribution < 1.29 is 0 Å². The molecule has 4 nitrogen and oxygen atoms in total. The van der Waals surface area contributed by atoms with Crippen LogP contribution in [0.15, 0.2) is 158 Å². The topological polar surface area (TPSA) is 32.3 Å². The van der Waals surface area contributed by atoms with Gasteiger partial charge in [-0.1, -0.05) is 84.9 Å². The second-order valence-electron chi connectivity index (χ2n) is 12.3. The summed E-state index contributed by atoms with van der Waals surface area (Å²) in [5, 5.41) is 9.90. The van der Waals surface area contributed by atoms with Crippen molar-refractivity contribution in [2.24, 2.45) is 0 Å². The van der Waals surface area contributed by atoms with Crippen LogP contribution >= 0.6 is 0 Å². The van der Waals surface area contributed by atoms with E-state index in [1.165, 1.54) is 54.2 Å². The summed E-state index contributed by atoms with van der Waals surface area (Å²) in [5.41, 5.74) is 6.81. The van der Waals surface area contributed by atoms with Crippen LogP contribution in [0.3, 0.4) is 0 Å². The van der Waals surface area contributed by atoms with Gasteiger partial charge in [-0.25, -0.2) is 9.97 Å². The quantitative estimate of drug-likeness (QED) is 0.137. The summed E-state index contributed by atoms with van der Waals surface area (Å²) in [6.07, 6.45) is 3.75. The van der Waals surface area contributed by atoms with Crippen LogP contribution in [0, 0.1) is 13.8 Å². The lowest BCUT2D eigenvalue weighted by molar-refractivity contribution is 1.18. The number of para-hydroxylation sites is 2. The molecule has 0 bridgehead atoms. The van der Waals surface area contributed by atoms with Crippen molar-refractivity contribution in [2.75, 3.05) is 9.80 Å². The normalized spacial score (nSPS) is 11.5. The highest BCUT2D eigenvalue weighted by molar-refractivity contribution is 6.39. The Morgan fingerprint density at radius 1 is 0.375 bits per heavy atom. The van der Waals surface area contributed by atoms with Crippen molar-refractivity contribution in [3.05, 3.63) is 169 Å². The van der Waals surface area contributed by atoms with Gasteiger partial charge < -0.3 is 0 Å². The highest BCUT2D eigenvalue weighted by Gasteiger charge is 2.26. The van der Waals surface area contributed by atoms with E-state index in [0.29, 0.717) is 0 Å². The molecule has 0 aliphatic rings. The van der Waals surface area contributed by atoms with E-state index in [9.17, 15) is 0 Å². The minimum absolute atomic E-state index is 0.879. The van der Waals surface area contributed by atoms with Crippen molar-refractivity contribution in [1.82, 2.24) is 9.97 Å². The molecule has 7 aromatic carbocycles. The second kappa shape index (κ2) is 11.2. The number of hydrogen-bond donors (Lipinski definition) is 0. The average Bonchev–Trinajstić information content (AvgIpc) is 3.14. The molecule has 48 heavy (non-hydrogen) atoms. The Bertz CT molecular complexity index is 2310. The zero-order valence-electron chi connectivity index (χ0n) is 26.8. The highest BCUT2D eigenvalue weighted by atomic mass is 15.2. The number of pyridine rings is 2. The maximum Gasteiger partial charge on any atom is 0.137 e. The number of fused-ring (bicyclic) bond motifs is 3. The Labute approximate surface area is 279 Å². The van der Waals surface area contributed by atoms with Crippen LogP contribution in [0.2, 0.25) is 0 Å². The van der Waals surface area contributed by atoms with E-state index in [1.54, 1.807) is 0 Å². The summed E-state index contributed by atoms with van der Waals surface area (Å²) >= 11 is 0. The fraction of sp³-hybridized carbons (Fsp3) is 0.0455. The van der Waals surface area contributed by atoms with Crippen molar-refractivity contribution >= 4 is 77.5 Å². The molecule has 0 aliphatic carbocycles. The smallest absolute Gasteiger partial charge is 0.137 e. The highest BCUT2D eigenvalue weighted by Crippen LogP contribution is 2.52. The van der Waals surface area contributed by atoms with Gasteiger partial charge in [0.15, 0.2) is 0 Å². The SMILES string of the molecule is Cc1cc(N(c2ccccc2)c2ccccn2)c2c3ccccc3c3c(N(c4ccccc4)c4ccccn4)cc(C)c4ccc1c2c43. The molecule has 0 saturated heterocycles. The molecule has 0 aliphatic heterocycles. The number of aromatic nitrogens is 2. The predicted molar refractivity (Wildman–Crippen MR) is 202 cm³/mol. The lowest BCUT2D eigenvalue weighted by atomic mass is 9.84. The fourth-order valence-electron chi connectivity index (χ4n) is 7.48. The maximum atomic E-state index is 4.88. The molecule has 0 fully saturated rings. The number of aryl methyl sites for hydroxylation is 2. The number of anilines is 6. The lowest BCUT2D eigenvalue weighted by Gasteiger charge is -2.30. The van der Waals surface area contributed by atoms with Crippen LogP contribution in [-0.4, -0.2) is 9.97 Å². The number of nitrogens with zero attached hydrogens (tertiary/aromatic N) is 4. The van der Waals surface area contributed by atoms with Gasteiger partial charge in [0.25, 0.3) is 0 Å². The first-order chi connectivity index (χ1) is 23.7. The van der Waals surface area contributed by atoms with Crippen molar-refractivity contribution in [3.8, 4) is 0 Å². The summed E-state index contributed by atoms with van der Waals surface area (Å²) in [6.45, 7) is 4.47. The number of rotatable bonds is 6. The summed E-state index contributed by atoms with van der Waals surface area (Å²) in [5.74, 6) is 1.76. The first-order valence-corrected chi connectivity index (χ1v) is 16.3. The van der Waals surface area contributed by atoms with Gasteiger partial charge in [0, 0.05) is 45.3 Å². The van der Waals surface area contributed by atoms with E-state index >= 15 is 0 Å². The van der Waals surface area contributed by atoms with E-state index < -0.39 is 0 Å². The largest absolute Gasteiger partial charge is 0.294 e. The van der Waals surface area contributed by atoms with E-state index in [0.717, 1.165) is 34.4 Å². The molecule has 228 valence electrons. The molecule has 4 heteroatoms. The third-order valence-electron chi connectivity index (χ3n) is 9.51. The molecule has 2 heterocycles. The van der Waals surface area contributed by atoms with Crippen LogP contribution in [-0.2, 0) is 0 Å². The molecular weight excluding hydrogens is 585 g/mol. The first kappa shape index (κ1) is 28.0. The molecule has 0 N–H and O–H groups in total. The van der Waals surface area contributed by atoms with Gasteiger partial charge in [0.2, 0.25) is 0 Å². The second-order valence-corrected chi connectivity index (χ2v) is 12.3. The minimum atomic E-state index is 0.879. The Morgan fingerprint density at radius 2 is 0.771 bits per heavy atom. The van der Waals surface area contributed by atoms with Gasteiger partial charge in [-0.2, -0.15) is 0 Å². The fourth-order valence-corrected chi connectivity index (χ4v) is 7.48. The molecular formula is C44H32N4. The maximum absolute atomic E-state index is 4.88. The van der Waals surface area contributed by atoms with Crippen LogP contribution in [0.25, 0.3) is 43.1 Å². The van der Waals surface area contributed by atoms with Gasteiger partial charge in [-0.15, -0.1) is 0 Å². The predicted octanol–water partition coefficient (Wildman–Crippen LogP) is 12.1.